The molecule has 0 unspecified atom stereocenters. The van der Waals surface area contributed by atoms with Crippen LogP contribution in [0.3, 0.4) is 0 Å². The monoisotopic (exact) mass is 309 g/mol. The van der Waals surface area contributed by atoms with Gasteiger partial charge in [0.1, 0.15) is 5.88 Å². The van der Waals surface area contributed by atoms with Crippen LogP contribution >= 0.6 is 39.1 Å². The summed E-state index contributed by atoms with van der Waals surface area (Å²) < 4.78 is 0.945. The number of alkyl halides is 1. The van der Waals surface area contributed by atoms with Crippen LogP contribution < -0.4 is 5.32 Å². The van der Waals surface area contributed by atoms with Crippen molar-refractivity contribution in [3.63, 3.8) is 0 Å². The molecule has 5 heteroatoms. The second kappa shape index (κ2) is 6.36. The Balaban J connectivity index is 2.47. The SMILES string of the molecule is O=C(CCl)NCCc1ccc(Br)cc1Cl. The summed E-state index contributed by atoms with van der Waals surface area (Å²) in [4.78, 5) is 10.9. The Kier molecular flexibility index (Phi) is 5.43. The standard InChI is InChI=1S/C10H10BrCl2NO/c11-8-2-1-7(9(13)5-8)3-4-14-10(15)6-12/h1-2,5H,3-4,6H2,(H,14,15). The average molecular weight is 311 g/mol. The summed E-state index contributed by atoms with van der Waals surface area (Å²) in [5, 5.41) is 3.38. The highest BCUT2D eigenvalue weighted by Crippen LogP contribution is 2.21. The van der Waals surface area contributed by atoms with Gasteiger partial charge in [0.2, 0.25) is 5.91 Å². The van der Waals surface area contributed by atoms with Crippen LogP contribution in [0, 0.1) is 0 Å². The van der Waals surface area contributed by atoms with Gasteiger partial charge in [-0.15, -0.1) is 11.6 Å². The van der Waals surface area contributed by atoms with Gasteiger partial charge in [-0.05, 0) is 24.1 Å². The molecule has 1 amide bonds. The third-order valence-corrected chi connectivity index (χ3v) is 2.94. The van der Waals surface area contributed by atoms with E-state index in [0.29, 0.717) is 18.0 Å². The molecule has 2 nitrogen and oxygen atoms in total. The Morgan fingerprint density at radius 3 is 2.80 bits per heavy atom. The van der Waals surface area contributed by atoms with Crippen molar-refractivity contribution in [3.8, 4) is 0 Å². The van der Waals surface area contributed by atoms with E-state index in [1.54, 1.807) is 0 Å². The van der Waals surface area contributed by atoms with Gasteiger partial charge in [-0.3, -0.25) is 4.79 Å². The minimum Gasteiger partial charge on any atom is -0.355 e. The first-order valence-electron chi connectivity index (χ1n) is 4.40. The molecule has 0 aliphatic rings. The van der Waals surface area contributed by atoms with Crippen molar-refractivity contribution in [3.05, 3.63) is 33.3 Å². The van der Waals surface area contributed by atoms with Gasteiger partial charge in [0.25, 0.3) is 0 Å². The van der Waals surface area contributed by atoms with E-state index in [1.807, 2.05) is 18.2 Å². The van der Waals surface area contributed by atoms with Crippen molar-refractivity contribution in [1.29, 1.82) is 0 Å². The molecule has 1 aromatic carbocycles. The highest BCUT2D eigenvalue weighted by molar-refractivity contribution is 9.10. The summed E-state index contributed by atoms with van der Waals surface area (Å²) in [6.45, 7) is 0.549. The normalized spacial score (nSPS) is 10.1. The number of halogens is 3. The maximum absolute atomic E-state index is 10.9. The lowest BCUT2D eigenvalue weighted by Gasteiger charge is -2.05. The summed E-state index contributed by atoms with van der Waals surface area (Å²) in [5.41, 5.74) is 1.01. The number of benzene rings is 1. The van der Waals surface area contributed by atoms with E-state index in [9.17, 15) is 4.79 Å². The van der Waals surface area contributed by atoms with Gasteiger partial charge >= 0.3 is 0 Å². The quantitative estimate of drug-likeness (QED) is 0.851. The lowest BCUT2D eigenvalue weighted by Crippen LogP contribution is -2.26. The second-order valence-corrected chi connectivity index (χ2v) is 4.56. The number of nitrogens with one attached hydrogen (secondary N) is 1. The van der Waals surface area contributed by atoms with Crippen molar-refractivity contribution in [2.24, 2.45) is 0 Å². The Labute approximate surface area is 107 Å². The number of amides is 1. The fourth-order valence-corrected chi connectivity index (χ4v) is 1.97. The first-order valence-corrected chi connectivity index (χ1v) is 6.10. The molecule has 82 valence electrons. The van der Waals surface area contributed by atoms with Crippen LogP contribution in [0.1, 0.15) is 5.56 Å². The van der Waals surface area contributed by atoms with Gasteiger partial charge in [0.05, 0.1) is 0 Å². The largest absolute Gasteiger partial charge is 0.355 e. The van der Waals surface area contributed by atoms with Gasteiger partial charge in [-0.1, -0.05) is 33.6 Å². The maximum atomic E-state index is 10.9. The number of carbonyl (C=O) groups is 1. The highest BCUT2D eigenvalue weighted by Gasteiger charge is 2.02. The second-order valence-electron chi connectivity index (χ2n) is 2.97. The molecule has 0 aliphatic heterocycles. The minimum atomic E-state index is -0.162. The van der Waals surface area contributed by atoms with Gasteiger partial charge in [0, 0.05) is 16.0 Å². The zero-order chi connectivity index (χ0) is 11.3. The van der Waals surface area contributed by atoms with E-state index in [2.05, 4.69) is 21.2 Å². The van der Waals surface area contributed by atoms with Crippen molar-refractivity contribution in [2.45, 2.75) is 6.42 Å². The fourth-order valence-electron chi connectivity index (χ4n) is 1.11. The first kappa shape index (κ1) is 12.8. The van der Waals surface area contributed by atoms with Gasteiger partial charge in [-0.25, -0.2) is 0 Å². The van der Waals surface area contributed by atoms with Crippen LogP contribution in [0.25, 0.3) is 0 Å². The van der Waals surface area contributed by atoms with Gasteiger partial charge in [-0.2, -0.15) is 0 Å². The number of rotatable bonds is 4. The summed E-state index contributed by atoms with van der Waals surface area (Å²) in [7, 11) is 0. The highest BCUT2D eigenvalue weighted by atomic mass is 79.9. The van der Waals surface area contributed by atoms with E-state index in [0.717, 1.165) is 10.0 Å². The fraction of sp³-hybridized carbons (Fsp3) is 0.300. The Hall–Kier alpha value is -0.250. The van der Waals surface area contributed by atoms with E-state index in [1.165, 1.54) is 0 Å². The average Bonchev–Trinajstić information content (AvgIpc) is 2.21. The van der Waals surface area contributed by atoms with Crippen LogP contribution in [-0.4, -0.2) is 18.3 Å². The predicted molar refractivity (Wildman–Crippen MR) is 66.6 cm³/mol. The predicted octanol–water partition coefficient (Wildman–Crippen LogP) is 3.00. The molecule has 0 aromatic heterocycles. The van der Waals surface area contributed by atoms with Gasteiger partial charge < -0.3 is 5.32 Å². The van der Waals surface area contributed by atoms with Gasteiger partial charge in [0.15, 0.2) is 0 Å². The Bertz CT molecular complexity index is 357. The molecule has 0 heterocycles. The molecular weight excluding hydrogens is 301 g/mol. The molecule has 0 saturated carbocycles. The molecular formula is C10H10BrCl2NO. The van der Waals surface area contributed by atoms with Crippen LogP contribution in [0.15, 0.2) is 22.7 Å². The number of hydrogen-bond donors (Lipinski definition) is 1. The summed E-state index contributed by atoms with van der Waals surface area (Å²) in [5.74, 6) is -0.168. The van der Waals surface area contributed by atoms with E-state index in [-0.39, 0.29) is 11.8 Å². The van der Waals surface area contributed by atoms with Crippen LogP contribution in [0.4, 0.5) is 0 Å². The third-order valence-electron chi connectivity index (χ3n) is 1.85. The van der Waals surface area contributed by atoms with Crippen molar-refractivity contribution >= 4 is 45.0 Å². The number of hydrogen-bond acceptors (Lipinski definition) is 1. The van der Waals surface area contributed by atoms with E-state index < -0.39 is 0 Å². The summed E-state index contributed by atoms with van der Waals surface area (Å²) >= 11 is 14.7. The smallest absolute Gasteiger partial charge is 0.234 e. The molecule has 0 atom stereocenters. The number of carbonyl (C=O) groups excluding carboxylic acids is 1. The lowest BCUT2D eigenvalue weighted by molar-refractivity contribution is -0.118. The molecule has 0 bridgehead atoms. The zero-order valence-electron chi connectivity index (χ0n) is 7.90. The molecule has 0 spiro atoms. The van der Waals surface area contributed by atoms with E-state index >= 15 is 0 Å². The van der Waals surface area contributed by atoms with E-state index in [4.69, 9.17) is 23.2 Å². The first-order chi connectivity index (χ1) is 7.13. The van der Waals surface area contributed by atoms with Crippen LogP contribution in [-0.2, 0) is 11.2 Å². The topological polar surface area (TPSA) is 29.1 Å². The molecule has 15 heavy (non-hydrogen) atoms. The van der Waals surface area contributed by atoms with Crippen molar-refractivity contribution in [1.82, 2.24) is 5.32 Å². The molecule has 0 aliphatic carbocycles. The molecule has 0 radical (unpaired) electrons. The molecule has 0 fully saturated rings. The zero-order valence-corrected chi connectivity index (χ0v) is 11.0. The van der Waals surface area contributed by atoms with Crippen LogP contribution in [0.5, 0.6) is 0 Å². The molecule has 1 rings (SSSR count). The molecule has 0 saturated heterocycles. The third kappa shape index (κ3) is 4.41. The van der Waals surface area contributed by atoms with Crippen molar-refractivity contribution in [2.75, 3.05) is 12.4 Å². The van der Waals surface area contributed by atoms with Crippen LogP contribution in [0.2, 0.25) is 5.02 Å². The Morgan fingerprint density at radius 1 is 1.47 bits per heavy atom. The Morgan fingerprint density at radius 2 is 2.20 bits per heavy atom. The maximum Gasteiger partial charge on any atom is 0.234 e. The minimum absolute atomic E-state index is 0.00588. The summed E-state index contributed by atoms with van der Waals surface area (Å²) in [6, 6.07) is 5.68. The molecule has 1 aromatic rings. The van der Waals surface area contributed by atoms with Crippen molar-refractivity contribution < 1.29 is 4.79 Å². The lowest BCUT2D eigenvalue weighted by atomic mass is 10.1. The molecule has 1 N–H and O–H groups in total. The summed E-state index contributed by atoms with van der Waals surface area (Å²) in [6.07, 6.45) is 0.703.